The third-order valence-electron chi connectivity index (χ3n) is 2.18. The van der Waals surface area contributed by atoms with E-state index < -0.39 is 6.16 Å². The molecule has 1 N–H and O–H groups in total. The van der Waals surface area contributed by atoms with Crippen LogP contribution in [0.3, 0.4) is 0 Å². The van der Waals surface area contributed by atoms with E-state index >= 15 is 0 Å². The summed E-state index contributed by atoms with van der Waals surface area (Å²) in [5, 5.41) is 8.43. The van der Waals surface area contributed by atoms with Crippen LogP contribution in [0.2, 0.25) is 0 Å². The van der Waals surface area contributed by atoms with Gasteiger partial charge in [0.05, 0.1) is 0 Å². The van der Waals surface area contributed by atoms with E-state index in [2.05, 4.69) is 11.7 Å². The van der Waals surface area contributed by atoms with Crippen molar-refractivity contribution in [1.82, 2.24) is 0 Å². The maximum absolute atomic E-state index is 10.3. The molecule has 0 rings (SSSR count). The number of hydrogen-bond acceptors (Lipinski definition) is 3. The second kappa shape index (κ2) is 9.77. The highest BCUT2D eigenvalue weighted by Gasteiger charge is 2.10. The van der Waals surface area contributed by atoms with Crippen LogP contribution in [0, 0.1) is 0 Å². The predicted molar refractivity (Wildman–Crippen MR) is 58.1 cm³/mol. The van der Waals surface area contributed by atoms with Gasteiger partial charge in [-0.3, -0.25) is 0 Å². The summed E-state index contributed by atoms with van der Waals surface area (Å²) >= 11 is 0. The molecule has 4 heteroatoms. The highest BCUT2D eigenvalue weighted by atomic mass is 16.7. The van der Waals surface area contributed by atoms with Gasteiger partial charge in [-0.2, -0.15) is 0 Å². The smallest absolute Gasteiger partial charge is 0.450 e. The van der Waals surface area contributed by atoms with Crippen LogP contribution in [0.4, 0.5) is 4.79 Å². The maximum atomic E-state index is 10.3. The van der Waals surface area contributed by atoms with E-state index in [0.717, 1.165) is 38.7 Å². The standard InChI is InChI=1S/C11H22O4/c1-3-5-8-14-9-6-7-10(4-2)15-11(12)13/h10H,3-9H2,1-2H3,(H,12,13). The molecule has 0 aliphatic carbocycles. The molecule has 0 radical (unpaired) electrons. The summed E-state index contributed by atoms with van der Waals surface area (Å²) in [6, 6.07) is 0. The van der Waals surface area contributed by atoms with Gasteiger partial charge in [-0.15, -0.1) is 0 Å². The summed E-state index contributed by atoms with van der Waals surface area (Å²) in [4.78, 5) is 10.3. The molecular weight excluding hydrogens is 196 g/mol. The Balaban J connectivity index is 3.34. The zero-order chi connectivity index (χ0) is 11.5. The number of hydrogen-bond donors (Lipinski definition) is 1. The molecule has 0 saturated carbocycles. The van der Waals surface area contributed by atoms with Crippen LogP contribution in [0.1, 0.15) is 46.0 Å². The Morgan fingerprint density at radius 1 is 1.27 bits per heavy atom. The van der Waals surface area contributed by atoms with Crippen LogP contribution >= 0.6 is 0 Å². The third kappa shape index (κ3) is 9.53. The fraction of sp³-hybridized carbons (Fsp3) is 0.909. The Bertz CT molecular complexity index is 159. The minimum atomic E-state index is -1.19. The van der Waals surface area contributed by atoms with Crippen LogP contribution < -0.4 is 0 Å². The molecule has 0 saturated heterocycles. The lowest BCUT2D eigenvalue weighted by Gasteiger charge is -2.13. The first-order valence-electron chi connectivity index (χ1n) is 5.68. The molecule has 0 aliphatic rings. The number of carbonyl (C=O) groups is 1. The minimum Gasteiger partial charge on any atom is -0.450 e. The quantitative estimate of drug-likeness (QED) is 0.477. The largest absolute Gasteiger partial charge is 0.506 e. The fourth-order valence-electron chi connectivity index (χ4n) is 1.25. The highest BCUT2D eigenvalue weighted by Crippen LogP contribution is 2.07. The molecule has 4 nitrogen and oxygen atoms in total. The molecule has 15 heavy (non-hydrogen) atoms. The Morgan fingerprint density at radius 3 is 2.47 bits per heavy atom. The van der Waals surface area contributed by atoms with Crippen molar-refractivity contribution in [2.45, 2.75) is 52.1 Å². The van der Waals surface area contributed by atoms with Gasteiger partial charge >= 0.3 is 6.16 Å². The molecule has 0 bridgehead atoms. The summed E-state index contributed by atoms with van der Waals surface area (Å²) in [5.74, 6) is 0. The van der Waals surface area contributed by atoms with E-state index in [0.29, 0.717) is 6.61 Å². The van der Waals surface area contributed by atoms with Gasteiger partial charge in [0.25, 0.3) is 0 Å². The topological polar surface area (TPSA) is 55.8 Å². The van der Waals surface area contributed by atoms with Crippen LogP contribution in [0.15, 0.2) is 0 Å². The summed E-state index contributed by atoms with van der Waals surface area (Å²) in [7, 11) is 0. The maximum Gasteiger partial charge on any atom is 0.506 e. The van der Waals surface area contributed by atoms with Gasteiger partial charge in [-0.25, -0.2) is 4.79 Å². The first-order valence-corrected chi connectivity index (χ1v) is 5.68. The molecule has 1 atom stereocenters. The first-order chi connectivity index (χ1) is 7.20. The third-order valence-corrected chi connectivity index (χ3v) is 2.18. The molecule has 0 heterocycles. The Hall–Kier alpha value is -0.770. The second-order valence-electron chi connectivity index (χ2n) is 3.52. The van der Waals surface area contributed by atoms with Gasteiger partial charge in [0.15, 0.2) is 0 Å². The number of carboxylic acid groups (broad SMARTS) is 1. The van der Waals surface area contributed by atoms with E-state index in [9.17, 15) is 4.79 Å². The summed E-state index contributed by atoms with van der Waals surface area (Å²) in [6.07, 6.45) is 3.18. The zero-order valence-corrected chi connectivity index (χ0v) is 9.70. The number of unbranched alkanes of at least 4 members (excludes halogenated alkanes) is 1. The van der Waals surface area contributed by atoms with E-state index in [4.69, 9.17) is 9.84 Å². The molecule has 0 fully saturated rings. The molecule has 1 unspecified atom stereocenters. The molecule has 0 spiro atoms. The fourth-order valence-corrected chi connectivity index (χ4v) is 1.25. The first kappa shape index (κ1) is 14.2. The van der Waals surface area contributed by atoms with Crippen LogP contribution in [0.5, 0.6) is 0 Å². The van der Waals surface area contributed by atoms with Crippen LogP contribution in [0.25, 0.3) is 0 Å². The monoisotopic (exact) mass is 218 g/mol. The van der Waals surface area contributed by atoms with E-state index in [1.807, 2.05) is 6.92 Å². The van der Waals surface area contributed by atoms with Gasteiger partial charge in [-0.1, -0.05) is 20.3 Å². The van der Waals surface area contributed by atoms with E-state index in [-0.39, 0.29) is 6.10 Å². The molecule has 90 valence electrons. The van der Waals surface area contributed by atoms with Gasteiger partial charge < -0.3 is 14.6 Å². The van der Waals surface area contributed by atoms with Crippen molar-refractivity contribution < 1.29 is 19.4 Å². The van der Waals surface area contributed by atoms with Crippen LogP contribution in [-0.4, -0.2) is 30.6 Å². The molecule has 0 amide bonds. The summed E-state index contributed by atoms with van der Waals surface area (Å²) in [6.45, 7) is 5.54. The summed E-state index contributed by atoms with van der Waals surface area (Å²) in [5.41, 5.74) is 0. The molecule has 0 aliphatic heterocycles. The molecule has 0 aromatic heterocycles. The van der Waals surface area contributed by atoms with Crippen molar-refractivity contribution >= 4 is 6.16 Å². The SMILES string of the molecule is CCCCOCCCC(CC)OC(=O)O. The van der Waals surface area contributed by atoms with Gasteiger partial charge in [0, 0.05) is 13.2 Å². The number of rotatable bonds is 9. The average molecular weight is 218 g/mol. The van der Waals surface area contributed by atoms with E-state index in [1.54, 1.807) is 0 Å². The average Bonchev–Trinajstić information content (AvgIpc) is 2.20. The Kier molecular flexibility index (Phi) is 9.27. The Labute approximate surface area is 91.6 Å². The lowest BCUT2D eigenvalue weighted by atomic mass is 10.1. The highest BCUT2D eigenvalue weighted by molar-refractivity contribution is 5.57. The lowest BCUT2D eigenvalue weighted by Crippen LogP contribution is -2.16. The van der Waals surface area contributed by atoms with Crippen molar-refractivity contribution in [2.24, 2.45) is 0 Å². The van der Waals surface area contributed by atoms with Crippen LogP contribution in [-0.2, 0) is 9.47 Å². The number of ether oxygens (including phenoxy) is 2. The van der Waals surface area contributed by atoms with Gasteiger partial charge in [-0.05, 0) is 25.7 Å². The van der Waals surface area contributed by atoms with Crippen molar-refractivity contribution in [3.63, 3.8) is 0 Å². The predicted octanol–water partition coefficient (Wildman–Crippen LogP) is 3.06. The second-order valence-corrected chi connectivity index (χ2v) is 3.52. The van der Waals surface area contributed by atoms with Crippen molar-refractivity contribution in [3.05, 3.63) is 0 Å². The van der Waals surface area contributed by atoms with Gasteiger partial charge in [0.2, 0.25) is 0 Å². The molecule has 0 aromatic carbocycles. The van der Waals surface area contributed by atoms with E-state index in [1.165, 1.54) is 0 Å². The summed E-state index contributed by atoms with van der Waals surface area (Å²) < 4.78 is 10.1. The van der Waals surface area contributed by atoms with Crippen molar-refractivity contribution in [3.8, 4) is 0 Å². The molecular formula is C11H22O4. The van der Waals surface area contributed by atoms with Gasteiger partial charge in [0.1, 0.15) is 6.10 Å². The minimum absolute atomic E-state index is 0.183. The lowest BCUT2D eigenvalue weighted by molar-refractivity contribution is 0.0397. The molecule has 0 aromatic rings. The Morgan fingerprint density at radius 2 is 1.93 bits per heavy atom. The van der Waals surface area contributed by atoms with Crippen molar-refractivity contribution in [1.29, 1.82) is 0 Å². The normalized spacial score (nSPS) is 12.4. The van der Waals surface area contributed by atoms with Crippen molar-refractivity contribution in [2.75, 3.05) is 13.2 Å². The zero-order valence-electron chi connectivity index (χ0n) is 9.70.